The summed E-state index contributed by atoms with van der Waals surface area (Å²) in [6.45, 7) is 12.1. The minimum absolute atomic E-state index is 0.126. The lowest BCUT2D eigenvalue weighted by molar-refractivity contribution is -0.148. The molecule has 3 heterocycles. The van der Waals surface area contributed by atoms with Crippen LogP contribution in [0.15, 0.2) is 79.9 Å². The van der Waals surface area contributed by atoms with Crippen LogP contribution >= 0.6 is 27.5 Å². The first-order valence-electron chi connectivity index (χ1n) is 15.5. The van der Waals surface area contributed by atoms with Crippen molar-refractivity contribution in [1.82, 2.24) is 9.80 Å². The van der Waals surface area contributed by atoms with E-state index in [9.17, 15) is 19.5 Å². The molecule has 0 aromatic heterocycles. The number of hydrogen-bond donors (Lipinski definition) is 1. The van der Waals surface area contributed by atoms with E-state index in [0.29, 0.717) is 30.1 Å². The number of aliphatic hydroxyl groups excluding tert-OH is 1. The van der Waals surface area contributed by atoms with Gasteiger partial charge in [0.1, 0.15) is 11.6 Å². The molecule has 0 saturated carbocycles. The maximum Gasteiger partial charge on any atom is 0.253 e. The SMILES string of the molecule is C=CCN(Cc1ccccc1)C(=O)[C@H]1[C@H]2C(=O)N([C@@H](CO)[C@@H](C)CC)C(C(=O)N(CC=C)c3ccccc3Cl)C23CC(Br)[C@@H]1O3. The lowest BCUT2D eigenvalue weighted by Crippen LogP contribution is -2.60. The van der Waals surface area contributed by atoms with Crippen molar-refractivity contribution in [3.8, 4) is 0 Å². The number of likely N-dealkylation sites (tertiary alicyclic amines) is 1. The van der Waals surface area contributed by atoms with Gasteiger partial charge in [-0.05, 0) is 30.0 Å². The number of rotatable bonds is 13. The van der Waals surface area contributed by atoms with Crippen LogP contribution in [0, 0.1) is 17.8 Å². The molecule has 8 atom stereocenters. The molecule has 3 saturated heterocycles. The van der Waals surface area contributed by atoms with Crippen molar-refractivity contribution in [3.05, 3.63) is 90.5 Å². The Labute approximate surface area is 278 Å². The summed E-state index contributed by atoms with van der Waals surface area (Å²) in [5.74, 6) is -2.82. The van der Waals surface area contributed by atoms with Crippen molar-refractivity contribution in [2.45, 2.75) is 61.8 Å². The highest BCUT2D eigenvalue weighted by Gasteiger charge is 2.77. The highest BCUT2D eigenvalue weighted by atomic mass is 79.9. The van der Waals surface area contributed by atoms with Crippen LogP contribution in [0.4, 0.5) is 5.69 Å². The van der Waals surface area contributed by atoms with E-state index in [-0.39, 0.29) is 48.2 Å². The van der Waals surface area contributed by atoms with Crippen molar-refractivity contribution in [1.29, 1.82) is 0 Å². The normalized spacial score (nSPS) is 28.0. The summed E-state index contributed by atoms with van der Waals surface area (Å²) >= 11 is 10.4. The Kier molecular flexibility index (Phi) is 10.2. The Morgan fingerprint density at radius 3 is 2.42 bits per heavy atom. The molecule has 2 aromatic carbocycles. The molecule has 3 aliphatic heterocycles. The Balaban J connectivity index is 1.62. The molecule has 240 valence electrons. The zero-order valence-electron chi connectivity index (χ0n) is 25.7. The fraction of sp³-hybridized carbons (Fsp3) is 0.457. The van der Waals surface area contributed by atoms with E-state index >= 15 is 0 Å². The minimum Gasteiger partial charge on any atom is -0.394 e. The first-order valence-corrected chi connectivity index (χ1v) is 16.8. The van der Waals surface area contributed by atoms with Gasteiger partial charge in [-0.3, -0.25) is 14.4 Å². The van der Waals surface area contributed by atoms with Gasteiger partial charge in [-0.1, -0.05) is 102 Å². The number of nitrogens with zero attached hydrogens (tertiary/aromatic N) is 3. The number of amides is 3. The first kappa shape index (κ1) is 33.4. The highest BCUT2D eigenvalue weighted by molar-refractivity contribution is 9.09. The Morgan fingerprint density at radius 2 is 1.80 bits per heavy atom. The summed E-state index contributed by atoms with van der Waals surface area (Å²) in [7, 11) is 0. The molecule has 1 N–H and O–H groups in total. The van der Waals surface area contributed by atoms with Crippen molar-refractivity contribution < 1.29 is 24.2 Å². The zero-order chi connectivity index (χ0) is 32.5. The summed E-state index contributed by atoms with van der Waals surface area (Å²) in [4.78, 5) is 48.7. The maximum absolute atomic E-state index is 14.9. The molecule has 45 heavy (non-hydrogen) atoms. The van der Waals surface area contributed by atoms with E-state index in [1.807, 2.05) is 44.2 Å². The molecule has 5 rings (SSSR count). The average Bonchev–Trinajstić information content (AvgIpc) is 3.63. The number of carbonyl (C=O) groups is 3. The third-order valence-corrected chi connectivity index (χ3v) is 10.9. The number of halogens is 2. The van der Waals surface area contributed by atoms with E-state index in [0.717, 1.165) is 5.56 Å². The van der Waals surface area contributed by atoms with Gasteiger partial charge in [0.15, 0.2) is 0 Å². The zero-order valence-corrected chi connectivity index (χ0v) is 28.1. The number of benzene rings is 2. The topological polar surface area (TPSA) is 90.4 Å². The molecule has 2 bridgehead atoms. The van der Waals surface area contributed by atoms with Crippen LogP contribution in [0.3, 0.4) is 0 Å². The van der Waals surface area contributed by atoms with Gasteiger partial charge in [-0.15, -0.1) is 13.2 Å². The fourth-order valence-corrected chi connectivity index (χ4v) is 8.64. The monoisotopic (exact) mass is 697 g/mol. The number of alkyl halides is 1. The van der Waals surface area contributed by atoms with Crippen molar-refractivity contribution in [3.63, 3.8) is 0 Å². The van der Waals surface area contributed by atoms with E-state index in [2.05, 4.69) is 29.1 Å². The van der Waals surface area contributed by atoms with Crippen LogP contribution in [-0.4, -0.2) is 80.9 Å². The van der Waals surface area contributed by atoms with E-state index < -0.39 is 35.6 Å². The third kappa shape index (κ3) is 5.77. The third-order valence-electron chi connectivity index (χ3n) is 9.69. The first-order chi connectivity index (χ1) is 21.6. The fourth-order valence-electron chi connectivity index (χ4n) is 7.46. The second kappa shape index (κ2) is 13.8. The van der Waals surface area contributed by atoms with Crippen molar-refractivity contribution >= 4 is 50.9 Å². The number of aliphatic hydroxyl groups is 1. The Morgan fingerprint density at radius 1 is 1.13 bits per heavy atom. The van der Waals surface area contributed by atoms with Crippen molar-refractivity contribution in [2.24, 2.45) is 17.8 Å². The molecule has 2 aromatic rings. The van der Waals surface area contributed by atoms with Gasteiger partial charge in [0.05, 0.1) is 41.3 Å². The van der Waals surface area contributed by atoms with Gasteiger partial charge < -0.3 is 24.5 Å². The lowest BCUT2D eigenvalue weighted by atomic mass is 9.70. The van der Waals surface area contributed by atoms with Crippen LogP contribution < -0.4 is 4.90 Å². The van der Waals surface area contributed by atoms with E-state index in [1.54, 1.807) is 41.3 Å². The average molecular weight is 699 g/mol. The quantitative estimate of drug-likeness (QED) is 0.229. The smallest absolute Gasteiger partial charge is 0.253 e. The van der Waals surface area contributed by atoms with Gasteiger partial charge in [0.25, 0.3) is 5.91 Å². The maximum atomic E-state index is 14.9. The second-order valence-corrected chi connectivity index (χ2v) is 13.8. The van der Waals surface area contributed by atoms with Gasteiger partial charge in [-0.25, -0.2) is 0 Å². The number of para-hydroxylation sites is 1. The van der Waals surface area contributed by atoms with Gasteiger partial charge in [0, 0.05) is 24.5 Å². The van der Waals surface area contributed by atoms with Crippen molar-refractivity contribution in [2.75, 3.05) is 24.6 Å². The van der Waals surface area contributed by atoms with Crippen LogP contribution in [-0.2, 0) is 25.7 Å². The second-order valence-electron chi connectivity index (χ2n) is 12.2. The van der Waals surface area contributed by atoms with Crippen LogP contribution in [0.2, 0.25) is 5.02 Å². The Hall–Kier alpha value is -2.98. The number of anilines is 1. The molecule has 3 fully saturated rings. The highest BCUT2D eigenvalue weighted by Crippen LogP contribution is 2.61. The molecule has 10 heteroatoms. The molecule has 3 unspecified atom stereocenters. The largest absolute Gasteiger partial charge is 0.394 e. The van der Waals surface area contributed by atoms with E-state index in [4.69, 9.17) is 16.3 Å². The summed E-state index contributed by atoms with van der Waals surface area (Å²) in [5, 5.41) is 11.1. The number of ether oxygens (including phenoxy) is 1. The molecular formula is C35H41BrClN3O5. The number of hydrogen-bond acceptors (Lipinski definition) is 5. The predicted molar refractivity (Wildman–Crippen MR) is 179 cm³/mol. The standard InChI is InChI=1S/C35H41BrClN3O5/c1-5-17-38(20-23-13-9-8-10-14-23)32(42)28-29-33(43)40(27(21-41)22(4)7-3)31(35(29)19-24(36)30(28)45-35)34(44)39(18-6-2)26-16-12-11-15-25(26)37/h5-6,8-16,22,24,27-31,41H,1-2,7,17-21H2,3-4H3/t22-,24?,27-,28-,29-,30-,31?,35?/m0/s1. The summed E-state index contributed by atoms with van der Waals surface area (Å²) < 4.78 is 6.77. The lowest BCUT2D eigenvalue weighted by Gasteiger charge is -2.41. The van der Waals surface area contributed by atoms with Crippen LogP contribution in [0.25, 0.3) is 0 Å². The predicted octanol–water partition coefficient (Wildman–Crippen LogP) is 5.23. The molecule has 0 radical (unpaired) electrons. The summed E-state index contributed by atoms with van der Waals surface area (Å²) in [6, 6.07) is 14.9. The van der Waals surface area contributed by atoms with E-state index in [1.165, 1.54) is 9.80 Å². The number of carbonyl (C=O) groups excluding carboxylic acids is 3. The Bertz CT molecular complexity index is 1440. The van der Waals surface area contributed by atoms with Crippen LogP contribution in [0.1, 0.15) is 32.3 Å². The molecule has 0 aliphatic carbocycles. The minimum atomic E-state index is -1.29. The van der Waals surface area contributed by atoms with Gasteiger partial charge in [-0.2, -0.15) is 0 Å². The number of fused-ring (bicyclic) bond motifs is 1. The molecule has 3 aliphatic rings. The molecule has 1 spiro atoms. The molecule has 8 nitrogen and oxygen atoms in total. The molecular weight excluding hydrogens is 658 g/mol. The molecule has 3 amide bonds. The summed E-state index contributed by atoms with van der Waals surface area (Å²) in [5.41, 5.74) is 0.142. The van der Waals surface area contributed by atoms with Gasteiger partial charge in [0.2, 0.25) is 11.8 Å². The van der Waals surface area contributed by atoms with Gasteiger partial charge >= 0.3 is 0 Å². The summed E-state index contributed by atoms with van der Waals surface area (Å²) in [6.07, 6.45) is 3.70. The van der Waals surface area contributed by atoms with Crippen LogP contribution in [0.5, 0.6) is 0 Å².